The first-order chi connectivity index (χ1) is 12.4. The van der Waals surface area contributed by atoms with Gasteiger partial charge in [0.15, 0.2) is 17.6 Å². The number of hydrogen-bond acceptors (Lipinski definition) is 4. The van der Waals surface area contributed by atoms with Crippen LogP contribution in [0.2, 0.25) is 5.02 Å². The summed E-state index contributed by atoms with van der Waals surface area (Å²) in [7, 11) is 1.59. The molecule has 26 heavy (non-hydrogen) atoms. The lowest BCUT2D eigenvalue weighted by atomic mass is 10.2. The standard InChI is InChI=1S/C20H24ClNO4/c1-13(2)25-18-9-8-15(10-19(18)24-4)12-22-20(23)14(3)26-17-7-5-6-16(21)11-17/h5-11,13-14H,12H2,1-4H3,(H,22,23)/t14-/m1/s1. The molecule has 0 heterocycles. The van der Waals surface area contributed by atoms with Gasteiger partial charge >= 0.3 is 0 Å². The normalized spacial score (nSPS) is 11.8. The van der Waals surface area contributed by atoms with Crippen molar-refractivity contribution in [3.8, 4) is 17.2 Å². The minimum atomic E-state index is -0.640. The molecule has 1 atom stereocenters. The molecule has 0 aromatic heterocycles. The van der Waals surface area contributed by atoms with Gasteiger partial charge in [0.25, 0.3) is 5.91 Å². The number of carbonyl (C=O) groups is 1. The Bertz CT molecular complexity index is 748. The Balaban J connectivity index is 1.93. The number of ether oxygens (including phenoxy) is 3. The van der Waals surface area contributed by atoms with Crippen LogP contribution >= 0.6 is 11.6 Å². The number of nitrogens with one attached hydrogen (secondary N) is 1. The van der Waals surface area contributed by atoms with E-state index in [2.05, 4.69) is 5.32 Å². The maximum absolute atomic E-state index is 12.2. The first-order valence-corrected chi connectivity index (χ1v) is 8.80. The third-order valence-corrected chi connectivity index (χ3v) is 3.77. The van der Waals surface area contributed by atoms with Crippen molar-refractivity contribution in [2.75, 3.05) is 7.11 Å². The summed E-state index contributed by atoms with van der Waals surface area (Å²) >= 11 is 5.92. The van der Waals surface area contributed by atoms with Crippen molar-refractivity contribution in [1.82, 2.24) is 5.32 Å². The zero-order chi connectivity index (χ0) is 19.1. The monoisotopic (exact) mass is 377 g/mol. The van der Waals surface area contributed by atoms with Gasteiger partial charge in [-0.15, -0.1) is 0 Å². The fourth-order valence-electron chi connectivity index (χ4n) is 2.30. The first-order valence-electron chi connectivity index (χ1n) is 8.42. The minimum absolute atomic E-state index is 0.0546. The van der Waals surface area contributed by atoms with Crippen LogP contribution in [0.5, 0.6) is 17.2 Å². The molecule has 5 nitrogen and oxygen atoms in total. The fraction of sp³-hybridized carbons (Fsp3) is 0.350. The number of benzene rings is 2. The average Bonchev–Trinajstić information content (AvgIpc) is 2.60. The molecule has 2 aromatic carbocycles. The highest BCUT2D eigenvalue weighted by Crippen LogP contribution is 2.29. The summed E-state index contributed by atoms with van der Waals surface area (Å²) in [6.07, 6.45) is -0.585. The van der Waals surface area contributed by atoms with E-state index in [-0.39, 0.29) is 12.0 Å². The van der Waals surface area contributed by atoms with Crippen molar-refractivity contribution >= 4 is 17.5 Å². The second-order valence-electron chi connectivity index (χ2n) is 6.09. The lowest BCUT2D eigenvalue weighted by Crippen LogP contribution is -2.35. The molecule has 0 radical (unpaired) electrons. The van der Waals surface area contributed by atoms with Gasteiger partial charge < -0.3 is 19.5 Å². The molecule has 0 aliphatic carbocycles. The van der Waals surface area contributed by atoms with E-state index in [0.29, 0.717) is 28.8 Å². The van der Waals surface area contributed by atoms with Crippen molar-refractivity contribution < 1.29 is 19.0 Å². The van der Waals surface area contributed by atoms with Crippen LogP contribution in [-0.2, 0) is 11.3 Å². The predicted molar refractivity (Wildman–Crippen MR) is 102 cm³/mol. The molecule has 1 N–H and O–H groups in total. The van der Waals surface area contributed by atoms with E-state index in [1.165, 1.54) is 0 Å². The van der Waals surface area contributed by atoms with Gasteiger partial charge in [-0.3, -0.25) is 4.79 Å². The van der Waals surface area contributed by atoms with Crippen LogP contribution in [-0.4, -0.2) is 25.2 Å². The third kappa shape index (κ3) is 5.85. The Morgan fingerprint density at radius 3 is 2.50 bits per heavy atom. The maximum Gasteiger partial charge on any atom is 0.261 e. The molecule has 0 unspecified atom stereocenters. The van der Waals surface area contributed by atoms with E-state index >= 15 is 0 Å². The van der Waals surface area contributed by atoms with E-state index in [0.717, 1.165) is 5.56 Å². The molecule has 2 rings (SSSR count). The van der Waals surface area contributed by atoms with Gasteiger partial charge in [-0.2, -0.15) is 0 Å². The van der Waals surface area contributed by atoms with Crippen LogP contribution in [0.3, 0.4) is 0 Å². The van der Waals surface area contributed by atoms with E-state index in [9.17, 15) is 4.79 Å². The molecule has 0 saturated heterocycles. The van der Waals surface area contributed by atoms with Gasteiger partial charge in [0.1, 0.15) is 5.75 Å². The third-order valence-electron chi connectivity index (χ3n) is 3.54. The Kier molecular flexibility index (Phi) is 7.16. The van der Waals surface area contributed by atoms with Crippen molar-refractivity contribution in [3.05, 3.63) is 53.1 Å². The van der Waals surface area contributed by atoms with Crippen LogP contribution in [0.4, 0.5) is 0 Å². The van der Waals surface area contributed by atoms with E-state index < -0.39 is 6.10 Å². The van der Waals surface area contributed by atoms with Crippen LogP contribution in [0.15, 0.2) is 42.5 Å². The van der Waals surface area contributed by atoms with E-state index in [1.54, 1.807) is 38.3 Å². The molecule has 6 heteroatoms. The second kappa shape index (κ2) is 9.34. The van der Waals surface area contributed by atoms with Crippen LogP contribution in [0, 0.1) is 0 Å². The molecule has 1 amide bonds. The van der Waals surface area contributed by atoms with Crippen molar-refractivity contribution in [3.63, 3.8) is 0 Å². The molecule has 0 fully saturated rings. The Hall–Kier alpha value is -2.40. The molecular weight excluding hydrogens is 354 g/mol. The summed E-state index contributed by atoms with van der Waals surface area (Å²) in [5, 5.41) is 3.41. The summed E-state index contributed by atoms with van der Waals surface area (Å²) in [6.45, 7) is 5.96. The largest absolute Gasteiger partial charge is 0.493 e. The van der Waals surface area contributed by atoms with Gasteiger partial charge in [0, 0.05) is 11.6 Å². The maximum atomic E-state index is 12.2. The van der Waals surface area contributed by atoms with Crippen molar-refractivity contribution in [2.45, 2.75) is 39.5 Å². The Morgan fingerprint density at radius 1 is 1.08 bits per heavy atom. The van der Waals surface area contributed by atoms with Gasteiger partial charge in [0.2, 0.25) is 0 Å². The molecule has 0 aliphatic rings. The molecule has 0 bridgehead atoms. The number of carbonyl (C=O) groups excluding carboxylic acids is 1. The van der Waals surface area contributed by atoms with Gasteiger partial charge in [0.05, 0.1) is 13.2 Å². The smallest absolute Gasteiger partial charge is 0.261 e. The topological polar surface area (TPSA) is 56.8 Å². The second-order valence-corrected chi connectivity index (χ2v) is 6.52. The average molecular weight is 378 g/mol. The van der Waals surface area contributed by atoms with Crippen molar-refractivity contribution in [1.29, 1.82) is 0 Å². The molecule has 0 saturated carbocycles. The highest BCUT2D eigenvalue weighted by atomic mass is 35.5. The Labute approximate surface area is 159 Å². The van der Waals surface area contributed by atoms with E-state index in [1.807, 2.05) is 32.0 Å². The van der Waals surface area contributed by atoms with Crippen LogP contribution in [0.1, 0.15) is 26.3 Å². The molecular formula is C20H24ClNO4. The summed E-state index contributed by atoms with van der Waals surface area (Å²) in [6, 6.07) is 12.5. The number of halogens is 1. The summed E-state index contributed by atoms with van der Waals surface area (Å²) in [5.74, 6) is 1.65. The number of amides is 1. The summed E-state index contributed by atoms with van der Waals surface area (Å²) in [5.41, 5.74) is 0.904. The molecule has 0 spiro atoms. The molecule has 140 valence electrons. The SMILES string of the molecule is COc1cc(CNC(=O)[C@@H](C)Oc2cccc(Cl)c2)ccc1OC(C)C. The van der Waals surface area contributed by atoms with Crippen LogP contribution < -0.4 is 19.5 Å². The van der Waals surface area contributed by atoms with Gasteiger partial charge in [-0.25, -0.2) is 0 Å². The molecule has 2 aromatic rings. The quantitative estimate of drug-likeness (QED) is 0.748. The van der Waals surface area contributed by atoms with Gasteiger partial charge in [-0.05, 0) is 56.7 Å². The molecule has 0 aliphatic heterocycles. The lowest BCUT2D eigenvalue weighted by molar-refractivity contribution is -0.127. The Morgan fingerprint density at radius 2 is 1.85 bits per heavy atom. The minimum Gasteiger partial charge on any atom is -0.493 e. The van der Waals surface area contributed by atoms with Crippen molar-refractivity contribution in [2.24, 2.45) is 0 Å². The van der Waals surface area contributed by atoms with Gasteiger partial charge in [-0.1, -0.05) is 23.7 Å². The summed E-state index contributed by atoms with van der Waals surface area (Å²) in [4.78, 5) is 12.2. The number of rotatable bonds is 8. The lowest BCUT2D eigenvalue weighted by Gasteiger charge is -2.16. The highest BCUT2D eigenvalue weighted by Gasteiger charge is 2.15. The number of hydrogen-bond donors (Lipinski definition) is 1. The summed E-state index contributed by atoms with van der Waals surface area (Å²) < 4.78 is 16.7. The first kappa shape index (κ1) is 19.9. The number of methoxy groups -OCH3 is 1. The zero-order valence-electron chi connectivity index (χ0n) is 15.4. The fourth-order valence-corrected chi connectivity index (χ4v) is 2.48. The van der Waals surface area contributed by atoms with Crippen LogP contribution in [0.25, 0.3) is 0 Å². The highest BCUT2D eigenvalue weighted by molar-refractivity contribution is 6.30. The predicted octanol–water partition coefficient (Wildman–Crippen LogP) is 4.22. The zero-order valence-corrected chi connectivity index (χ0v) is 16.2. The van der Waals surface area contributed by atoms with E-state index in [4.69, 9.17) is 25.8 Å².